The van der Waals surface area contributed by atoms with Gasteiger partial charge in [-0.2, -0.15) is 10.1 Å². The van der Waals surface area contributed by atoms with Gasteiger partial charge in [-0.05, 0) is 45.8 Å². The number of anilines is 4. The number of para-hydroxylation sites is 1. The van der Waals surface area contributed by atoms with Gasteiger partial charge in [-0.15, -0.1) is 0 Å². The predicted octanol–water partition coefficient (Wildman–Crippen LogP) is 3.85. The van der Waals surface area contributed by atoms with Crippen molar-refractivity contribution in [1.82, 2.24) is 24.5 Å². The molecule has 2 aromatic carbocycles. The summed E-state index contributed by atoms with van der Waals surface area (Å²) >= 11 is 1.33. The van der Waals surface area contributed by atoms with Crippen LogP contribution < -0.4 is 20.1 Å². The van der Waals surface area contributed by atoms with Crippen molar-refractivity contribution in [2.75, 3.05) is 17.7 Å². The molecule has 32 heavy (non-hydrogen) atoms. The minimum absolute atomic E-state index is 0.154. The average molecular weight is 518 g/mol. The van der Waals surface area contributed by atoms with Gasteiger partial charge in [-0.25, -0.2) is 13.9 Å². The Balaban J connectivity index is 1.63. The van der Waals surface area contributed by atoms with Crippen LogP contribution in [0, 0.1) is 0 Å². The summed E-state index contributed by atoms with van der Waals surface area (Å²) < 4.78 is 30.5. The van der Waals surface area contributed by atoms with Crippen molar-refractivity contribution in [3.63, 3.8) is 0 Å². The highest BCUT2D eigenvalue weighted by Crippen LogP contribution is 2.34. The van der Waals surface area contributed by atoms with E-state index in [-0.39, 0.29) is 6.54 Å². The van der Waals surface area contributed by atoms with Crippen molar-refractivity contribution in [2.45, 2.75) is 6.54 Å². The van der Waals surface area contributed by atoms with Crippen molar-refractivity contribution in [1.29, 1.82) is 0 Å². The number of hydrogen-bond acceptors (Lipinski definition) is 7. The number of benzene rings is 2. The summed E-state index contributed by atoms with van der Waals surface area (Å²) in [5.74, 6) is 1.46. The molecule has 4 N–H and O–H groups in total. The van der Waals surface area contributed by atoms with E-state index in [2.05, 4.69) is 46.4 Å². The molecule has 0 bridgehead atoms. The van der Waals surface area contributed by atoms with E-state index in [1.54, 1.807) is 30.1 Å². The fraction of sp³-hybridized carbons (Fsp3) is 0.150. The van der Waals surface area contributed by atoms with Gasteiger partial charge in [0.2, 0.25) is 17.2 Å². The molecule has 0 amide bonds. The monoisotopic (exact) mass is 517 g/mol. The molecule has 10 nitrogen and oxygen atoms in total. The number of hydrogen-bond donors (Lipinski definition) is 4. The van der Waals surface area contributed by atoms with Gasteiger partial charge in [0.15, 0.2) is 5.82 Å². The van der Waals surface area contributed by atoms with E-state index in [1.807, 2.05) is 37.5 Å². The van der Waals surface area contributed by atoms with Gasteiger partial charge >= 0.3 is 0 Å². The molecule has 4 rings (SSSR count). The third-order valence-corrected chi connectivity index (χ3v) is 5.68. The summed E-state index contributed by atoms with van der Waals surface area (Å²) in [7, 11) is 3.44. The van der Waals surface area contributed by atoms with E-state index in [0.717, 1.165) is 22.2 Å². The zero-order valence-corrected chi connectivity index (χ0v) is 19.6. The molecule has 0 aliphatic heterocycles. The lowest BCUT2D eigenvalue weighted by Crippen LogP contribution is -2.16. The van der Waals surface area contributed by atoms with Crippen molar-refractivity contribution in [3.05, 3.63) is 58.8 Å². The second-order valence-electron chi connectivity index (χ2n) is 6.75. The molecular formula is C20H20BrN7O3S. The molecule has 0 aliphatic carbocycles. The van der Waals surface area contributed by atoms with Gasteiger partial charge in [0, 0.05) is 30.9 Å². The highest BCUT2D eigenvalue weighted by Gasteiger charge is 2.14. The van der Waals surface area contributed by atoms with E-state index >= 15 is 0 Å². The van der Waals surface area contributed by atoms with Crippen molar-refractivity contribution in [3.8, 4) is 5.75 Å². The molecule has 0 saturated carbocycles. The first-order chi connectivity index (χ1) is 15.4. The van der Waals surface area contributed by atoms with Gasteiger partial charge in [-0.3, -0.25) is 9.23 Å². The normalized spacial score (nSPS) is 12.0. The smallest absolute Gasteiger partial charge is 0.232 e. The predicted molar refractivity (Wildman–Crippen MR) is 128 cm³/mol. The molecule has 0 aliphatic rings. The van der Waals surface area contributed by atoms with Gasteiger partial charge in [0.1, 0.15) is 5.75 Å². The fourth-order valence-corrected chi connectivity index (χ4v) is 3.73. The van der Waals surface area contributed by atoms with Crippen LogP contribution in [0.1, 0.15) is 5.56 Å². The van der Waals surface area contributed by atoms with E-state index in [4.69, 9.17) is 9.29 Å². The van der Waals surface area contributed by atoms with Gasteiger partial charge in [-0.1, -0.05) is 12.1 Å². The lowest BCUT2D eigenvalue weighted by Gasteiger charge is -2.16. The molecule has 2 aromatic heterocycles. The largest absolute Gasteiger partial charge is 0.495 e. The van der Waals surface area contributed by atoms with Crippen LogP contribution in [0.25, 0.3) is 10.9 Å². The third-order valence-electron chi connectivity index (χ3n) is 4.71. The first-order valence-corrected chi connectivity index (χ1v) is 11.3. The van der Waals surface area contributed by atoms with Crippen molar-refractivity contribution < 1.29 is 13.5 Å². The number of rotatable bonds is 8. The molecule has 0 radical (unpaired) electrons. The summed E-state index contributed by atoms with van der Waals surface area (Å²) in [5, 5.41) is 11.8. The second kappa shape index (κ2) is 9.61. The van der Waals surface area contributed by atoms with Crippen LogP contribution in [0.5, 0.6) is 5.75 Å². The topological polar surface area (TPSA) is 126 Å². The standard InChI is InChI=1S/C20H20BrN7O3S/c1-28-16-8-14(7-6-12(16)9-23-28)25-20-22-11-15(21)19(27-20)26-18-13(10-24-32(29)30)4-3-5-17(18)31-2/h3-9,11,24H,10H2,1-2H3,(H,29,30)(H2,22,25,26,27). The summed E-state index contributed by atoms with van der Waals surface area (Å²) in [5.41, 5.74) is 3.16. The number of nitrogens with zero attached hydrogens (tertiary/aromatic N) is 4. The van der Waals surface area contributed by atoms with Crippen LogP contribution >= 0.6 is 15.9 Å². The zero-order valence-electron chi connectivity index (χ0n) is 17.2. The number of methoxy groups -OCH3 is 1. The number of aromatic nitrogens is 4. The van der Waals surface area contributed by atoms with Crippen LogP contribution in [-0.2, 0) is 24.9 Å². The Bertz CT molecular complexity index is 1300. The number of aryl methyl sites for hydroxylation is 1. The van der Waals surface area contributed by atoms with E-state index in [1.165, 1.54) is 0 Å². The Morgan fingerprint density at radius 3 is 2.84 bits per heavy atom. The maximum atomic E-state index is 11.1. The van der Waals surface area contributed by atoms with Crippen LogP contribution in [0.3, 0.4) is 0 Å². The Hall–Kier alpha value is -3.06. The fourth-order valence-electron chi connectivity index (χ4n) is 3.16. The van der Waals surface area contributed by atoms with Gasteiger partial charge in [0.25, 0.3) is 0 Å². The highest BCUT2D eigenvalue weighted by atomic mass is 79.9. The second-order valence-corrected chi connectivity index (χ2v) is 8.39. The Kier molecular flexibility index (Phi) is 6.65. The molecule has 2 heterocycles. The lowest BCUT2D eigenvalue weighted by molar-refractivity contribution is 0.416. The first-order valence-electron chi connectivity index (χ1n) is 9.43. The summed E-state index contributed by atoms with van der Waals surface area (Å²) in [6.07, 6.45) is 3.44. The number of ether oxygens (including phenoxy) is 1. The van der Waals surface area contributed by atoms with Crippen molar-refractivity contribution in [2.24, 2.45) is 7.05 Å². The lowest BCUT2D eigenvalue weighted by atomic mass is 10.1. The minimum Gasteiger partial charge on any atom is -0.495 e. The molecule has 0 spiro atoms. The molecule has 0 saturated heterocycles. The number of fused-ring (bicyclic) bond motifs is 1. The molecule has 1 atom stereocenters. The number of halogens is 1. The van der Waals surface area contributed by atoms with Gasteiger partial charge < -0.3 is 15.4 Å². The quantitative estimate of drug-likeness (QED) is 0.259. The van der Waals surface area contributed by atoms with Crippen LogP contribution in [-0.4, -0.2) is 35.6 Å². The molecule has 0 fully saturated rings. The Morgan fingerprint density at radius 2 is 2.06 bits per heavy atom. The maximum Gasteiger partial charge on any atom is 0.232 e. The Morgan fingerprint density at radius 1 is 1.22 bits per heavy atom. The van der Waals surface area contributed by atoms with E-state index < -0.39 is 11.3 Å². The molecule has 1 unspecified atom stereocenters. The minimum atomic E-state index is -2.14. The highest BCUT2D eigenvalue weighted by molar-refractivity contribution is 9.10. The zero-order chi connectivity index (χ0) is 22.7. The molecule has 166 valence electrons. The summed E-state index contributed by atoms with van der Waals surface area (Å²) in [6, 6.07) is 11.3. The number of nitrogens with one attached hydrogen (secondary N) is 3. The first kappa shape index (κ1) is 22.1. The molecule has 4 aromatic rings. The third kappa shape index (κ3) is 4.88. The SMILES string of the molecule is COc1cccc(CNS(=O)O)c1Nc1nc(Nc2ccc3cnn(C)c3c2)ncc1Br. The van der Waals surface area contributed by atoms with Gasteiger partial charge in [0.05, 0.1) is 29.0 Å². The summed E-state index contributed by atoms with van der Waals surface area (Å²) in [4.78, 5) is 8.92. The Labute approximate surface area is 195 Å². The van der Waals surface area contributed by atoms with E-state index in [0.29, 0.717) is 27.7 Å². The van der Waals surface area contributed by atoms with Crippen molar-refractivity contribution >= 4 is 61.2 Å². The van der Waals surface area contributed by atoms with Crippen LogP contribution in [0.2, 0.25) is 0 Å². The summed E-state index contributed by atoms with van der Waals surface area (Å²) in [6.45, 7) is 0.154. The van der Waals surface area contributed by atoms with Crippen LogP contribution in [0.15, 0.2) is 53.3 Å². The maximum absolute atomic E-state index is 11.1. The van der Waals surface area contributed by atoms with E-state index in [9.17, 15) is 4.21 Å². The average Bonchev–Trinajstić information content (AvgIpc) is 3.15. The molecular weight excluding hydrogens is 498 g/mol. The molecule has 12 heteroatoms. The van der Waals surface area contributed by atoms with Crippen LogP contribution in [0.4, 0.5) is 23.1 Å².